The molecule has 3 N–H and O–H groups in total. The molecule has 6 nitrogen and oxygen atoms in total. The number of rotatable bonds is 8. The van der Waals surface area contributed by atoms with Crippen molar-refractivity contribution >= 4 is 21.4 Å². The van der Waals surface area contributed by atoms with Crippen molar-refractivity contribution in [2.24, 2.45) is 5.73 Å². The van der Waals surface area contributed by atoms with E-state index in [1.54, 1.807) is 24.3 Å². The van der Waals surface area contributed by atoms with Crippen LogP contribution in [-0.2, 0) is 10.0 Å². The summed E-state index contributed by atoms with van der Waals surface area (Å²) in [4.78, 5) is 4.22. The average molecular weight is 453 g/mol. The van der Waals surface area contributed by atoms with E-state index < -0.39 is 22.1 Å². The first-order chi connectivity index (χ1) is 15.1. The van der Waals surface area contributed by atoms with Gasteiger partial charge in [-0.25, -0.2) is 13.1 Å². The average Bonchev–Trinajstić information content (AvgIpc) is 2.77. The Bertz CT molecular complexity index is 1120. The predicted molar refractivity (Wildman–Crippen MR) is 133 cm³/mol. The SMILES string of the molecule is Cc1ccc(S(=O)(=O)NC(c2ccc(N(C)C)cc2)C(N)c2ccc(N(C)C)cc2)cc1. The third-order valence-electron chi connectivity index (χ3n) is 5.54. The molecule has 3 rings (SSSR count). The molecule has 0 saturated carbocycles. The first-order valence-corrected chi connectivity index (χ1v) is 12.0. The Morgan fingerprint density at radius 1 is 0.719 bits per heavy atom. The predicted octanol–water partition coefficient (Wildman–Crippen LogP) is 3.85. The number of benzene rings is 3. The van der Waals surface area contributed by atoms with E-state index in [9.17, 15) is 8.42 Å². The molecule has 0 aliphatic carbocycles. The topological polar surface area (TPSA) is 78.7 Å². The third-order valence-corrected chi connectivity index (χ3v) is 6.99. The molecule has 3 aromatic rings. The summed E-state index contributed by atoms with van der Waals surface area (Å²) in [5.74, 6) is 0. The summed E-state index contributed by atoms with van der Waals surface area (Å²) >= 11 is 0. The molecule has 0 radical (unpaired) electrons. The molecule has 2 unspecified atom stereocenters. The van der Waals surface area contributed by atoms with Gasteiger partial charge in [-0.2, -0.15) is 0 Å². The van der Waals surface area contributed by atoms with Gasteiger partial charge in [0.15, 0.2) is 0 Å². The van der Waals surface area contributed by atoms with E-state index in [4.69, 9.17) is 5.73 Å². The molecule has 0 spiro atoms. The molecular formula is C25H32N4O2S. The lowest BCUT2D eigenvalue weighted by molar-refractivity contribution is 0.504. The summed E-state index contributed by atoms with van der Waals surface area (Å²) in [5, 5.41) is 0. The van der Waals surface area contributed by atoms with Gasteiger partial charge in [-0.15, -0.1) is 0 Å². The van der Waals surface area contributed by atoms with Gasteiger partial charge in [0, 0.05) is 39.6 Å². The van der Waals surface area contributed by atoms with Crippen LogP contribution in [0, 0.1) is 6.92 Å². The molecule has 0 bridgehead atoms. The lowest BCUT2D eigenvalue weighted by atomic mass is 9.94. The summed E-state index contributed by atoms with van der Waals surface area (Å²) in [5.41, 5.74) is 11.4. The molecule has 2 atom stereocenters. The van der Waals surface area contributed by atoms with Gasteiger partial charge in [-0.05, 0) is 54.4 Å². The van der Waals surface area contributed by atoms with Crippen LogP contribution in [0.1, 0.15) is 28.8 Å². The number of hydrogen-bond acceptors (Lipinski definition) is 5. The highest BCUT2D eigenvalue weighted by atomic mass is 32.2. The quantitative estimate of drug-likeness (QED) is 0.543. The number of nitrogens with zero attached hydrogens (tertiary/aromatic N) is 2. The maximum Gasteiger partial charge on any atom is 0.241 e. The number of hydrogen-bond donors (Lipinski definition) is 2. The summed E-state index contributed by atoms with van der Waals surface area (Å²) < 4.78 is 29.3. The monoisotopic (exact) mass is 452 g/mol. The Balaban J connectivity index is 1.99. The van der Waals surface area contributed by atoms with Crippen molar-refractivity contribution in [1.29, 1.82) is 0 Å². The summed E-state index contributed by atoms with van der Waals surface area (Å²) in [7, 11) is 4.10. The molecular weight excluding hydrogens is 420 g/mol. The van der Waals surface area contributed by atoms with Gasteiger partial charge in [0.05, 0.1) is 17.0 Å². The molecule has 0 aliphatic heterocycles. The zero-order chi connectivity index (χ0) is 23.5. The summed E-state index contributed by atoms with van der Waals surface area (Å²) in [6.45, 7) is 1.92. The Morgan fingerprint density at radius 3 is 1.59 bits per heavy atom. The van der Waals surface area contributed by atoms with Crippen LogP contribution < -0.4 is 20.3 Å². The van der Waals surface area contributed by atoms with Gasteiger partial charge in [0.25, 0.3) is 0 Å². The van der Waals surface area contributed by atoms with E-state index in [0.717, 1.165) is 28.1 Å². The highest BCUT2D eigenvalue weighted by molar-refractivity contribution is 7.89. The van der Waals surface area contributed by atoms with Crippen LogP contribution in [0.5, 0.6) is 0 Å². The van der Waals surface area contributed by atoms with Gasteiger partial charge in [-0.1, -0.05) is 42.0 Å². The smallest absolute Gasteiger partial charge is 0.241 e. The molecule has 0 amide bonds. The molecule has 0 heterocycles. The van der Waals surface area contributed by atoms with Crippen molar-refractivity contribution in [2.45, 2.75) is 23.9 Å². The van der Waals surface area contributed by atoms with Crippen LogP contribution in [0.2, 0.25) is 0 Å². The fourth-order valence-electron chi connectivity index (χ4n) is 3.47. The highest BCUT2D eigenvalue weighted by Crippen LogP contribution is 2.31. The van der Waals surface area contributed by atoms with E-state index >= 15 is 0 Å². The normalized spacial score (nSPS) is 13.4. The van der Waals surface area contributed by atoms with Gasteiger partial charge in [0.2, 0.25) is 10.0 Å². The number of nitrogens with two attached hydrogens (primary N) is 1. The van der Waals surface area contributed by atoms with Gasteiger partial charge in [0.1, 0.15) is 0 Å². The minimum Gasteiger partial charge on any atom is -0.378 e. The van der Waals surface area contributed by atoms with Crippen molar-refractivity contribution in [3.05, 3.63) is 89.5 Å². The Morgan fingerprint density at radius 2 is 1.16 bits per heavy atom. The molecule has 0 fully saturated rings. The van der Waals surface area contributed by atoms with Crippen LogP contribution in [0.3, 0.4) is 0 Å². The van der Waals surface area contributed by atoms with Crippen molar-refractivity contribution in [1.82, 2.24) is 4.72 Å². The van der Waals surface area contributed by atoms with Gasteiger partial charge >= 0.3 is 0 Å². The fraction of sp³-hybridized carbons (Fsp3) is 0.280. The molecule has 3 aromatic carbocycles. The second-order valence-electron chi connectivity index (χ2n) is 8.41. The van der Waals surface area contributed by atoms with Crippen LogP contribution in [0.25, 0.3) is 0 Å². The van der Waals surface area contributed by atoms with Crippen molar-refractivity contribution in [3.8, 4) is 0 Å². The van der Waals surface area contributed by atoms with E-state index in [0.29, 0.717) is 0 Å². The van der Waals surface area contributed by atoms with Crippen LogP contribution >= 0.6 is 0 Å². The van der Waals surface area contributed by atoms with E-state index in [-0.39, 0.29) is 4.90 Å². The third kappa shape index (κ3) is 5.48. The van der Waals surface area contributed by atoms with E-state index in [1.807, 2.05) is 93.4 Å². The van der Waals surface area contributed by atoms with E-state index in [2.05, 4.69) is 4.72 Å². The summed E-state index contributed by atoms with van der Waals surface area (Å²) in [6, 6.07) is 21.2. The van der Waals surface area contributed by atoms with Crippen molar-refractivity contribution in [3.63, 3.8) is 0 Å². The molecule has 0 aromatic heterocycles. The van der Waals surface area contributed by atoms with Crippen LogP contribution in [0.15, 0.2) is 77.7 Å². The van der Waals surface area contributed by atoms with Crippen LogP contribution in [0.4, 0.5) is 11.4 Å². The zero-order valence-electron chi connectivity index (χ0n) is 19.3. The van der Waals surface area contributed by atoms with Gasteiger partial charge in [-0.3, -0.25) is 0 Å². The number of anilines is 2. The van der Waals surface area contributed by atoms with Crippen molar-refractivity contribution in [2.75, 3.05) is 38.0 Å². The van der Waals surface area contributed by atoms with E-state index in [1.165, 1.54) is 0 Å². The molecule has 0 saturated heterocycles. The van der Waals surface area contributed by atoms with Gasteiger partial charge < -0.3 is 15.5 Å². The zero-order valence-corrected chi connectivity index (χ0v) is 20.1. The fourth-order valence-corrected chi connectivity index (χ4v) is 4.72. The number of nitrogens with one attached hydrogen (secondary N) is 1. The molecule has 0 aliphatic rings. The lowest BCUT2D eigenvalue weighted by Crippen LogP contribution is -2.36. The van der Waals surface area contributed by atoms with Crippen molar-refractivity contribution < 1.29 is 8.42 Å². The Labute approximate surface area is 191 Å². The molecule has 170 valence electrons. The lowest BCUT2D eigenvalue weighted by Gasteiger charge is -2.27. The standard InChI is InChI=1S/C25H32N4O2S/c1-18-6-16-23(17-7-18)32(30,31)27-25(20-10-14-22(15-11-20)29(4)5)24(26)19-8-12-21(13-9-19)28(2)3/h6-17,24-25,27H,26H2,1-5H3. The second kappa shape index (κ2) is 9.73. The minimum atomic E-state index is -3.77. The maximum absolute atomic E-state index is 13.2. The largest absolute Gasteiger partial charge is 0.378 e. The Hall–Kier alpha value is -2.87. The second-order valence-corrected chi connectivity index (χ2v) is 10.1. The maximum atomic E-state index is 13.2. The minimum absolute atomic E-state index is 0.216. The first-order valence-electron chi connectivity index (χ1n) is 10.5. The van der Waals surface area contributed by atoms with Crippen LogP contribution in [-0.4, -0.2) is 36.6 Å². The number of sulfonamides is 1. The Kier molecular flexibility index (Phi) is 7.23. The first kappa shape index (κ1) is 23.8. The summed E-state index contributed by atoms with van der Waals surface area (Å²) in [6.07, 6.45) is 0. The number of aryl methyl sites for hydroxylation is 1. The molecule has 32 heavy (non-hydrogen) atoms. The highest BCUT2D eigenvalue weighted by Gasteiger charge is 2.27. The molecule has 7 heteroatoms.